The van der Waals surface area contributed by atoms with Crippen molar-refractivity contribution in [1.82, 2.24) is 14.5 Å². The van der Waals surface area contributed by atoms with E-state index in [0.717, 1.165) is 39.1 Å². The third-order valence-corrected chi connectivity index (χ3v) is 6.11. The molecule has 1 amide bonds. The van der Waals surface area contributed by atoms with Crippen LogP contribution >= 0.6 is 0 Å². The summed E-state index contributed by atoms with van der Waals surface area (Å²) in [6, 6.07) is 18.8. The number of amides is 1. The Bertz CT molecular complexity index is 1360. The Morgan fingerprint density at radius 3 is 2.46 bits per heavy atom. The van der Waals surface area contributed by atoms with Crippen LogP contribution in [0.2, 0.25) is 0 Å². The molecule has 180 valence electrons. The van der Waals surface area contributed by atoms with E-state index in [1.807, 2.05) is 43.7 Å². The van der Waals surface area contributed by atoms with Crippen molar-refractivity contribution < 1.29 is 14.3 Å². The molecule has 7 nitrogen and oxygen atoms in total. The molecule has 0 radical (unpaired) electrons. The molecule has 0 spiro atoms. The minimum absolute atomic E-state index is 0.302. The number of hydrogen-bond acceptors (Lipinski definition) is 5. The summed E-state index contributed by atoms with van der Waals surface area (Å²) in [5, 5.41) is 2.25. The van der Waals surface area contributed by atoms with Gasteiger partial charge in [0, 0.05) is 42.5 Å². The first-order chi connectivity index (χ1) is 16.8. The summed E-state index contributed by atoms with van der Waals surface area (Å²) in [5.74, 6) is 0.838. The van der Waals surface area contributed by atoms with Crippen molar-refractivity contribution in [3.05, 3.63) is 78.9 Å². The number of rotatable bonds is 3. The normalized spacial score (nSPS) is 13.9. The predicted molar refractivity (Wildman–Crippen MR) is 138 cm³/mol. The van der Waals surface area contributed by atoms with Crippen LogP contribution in [0.25, 0.3) is 16.5 Å². The number of imidazole rings is 1. The van der Waals surface area contributed by atoms with Crippen LogP contribution in [-0.2, 0) is 11.3 Å². The van der Waals surface area contributed by atoms with Gasteiger partial charge in [0.2, 0.25) is 0 Å². The first-order valence-corrected chi connectivity index (χ1v) is 11.8. The van der Waals surface area contributed by atoms with Gasteiger partial charge in [-0.15, -0.1) is 0 Å². The predicted octanol–water partition coefficient (Wildman–Crippen LogP) is 5.92. The second-order valence-corrected chi connectivity index (χ2v) is 9.73. The molecule has 0 saturated carbocycles. The maximum atomic E-state index is 13.0. The van der Waals surface area contributed by atoms with Crippen molar-refractivity contribution in [2.45, 2.75) is 32.9 Å². The van der Waals surface area contributed by atoms with Crippen molar-refractivity contribution in [1.29, 1.82) is 0 Å². The Morgan fingerprint density at radius 1 is 0.943 bits per heavy atom. The van der Waals surface area contributed by atoms with E-state index >= 15 is 0 Å². The summed E-state index contributed by atoms with van der Waals surface area (Å²) in [6.07, 6.45) is 5.15. The molecule has 0 fully saturated rings. The summed E-state index contributed by atoms with van der Waals surface area (Å²) >= 11 is 0. The fourth-order valence-corrected chi connectivity index (χ4v) is 4.42. The number of benzene rings is 3. The Kier molecular flexibility index (Phi) is 5.84. The molecule has 1 aliphatic heterocycles. The highest BCUT2D eigenvalue weighted by Crippen LogP contribution is 2.35. The van der Waals surface area contributed by atoms with Crippen molar-refractivity contribution in [3.8, 4) is 11.4 Å². The summed E-state index contributed by atoms with van der Waals surface area (Å²) in [4.78, 5) is 21.3. The summed E-state index contributed by atoms with van der Waals surface area (Å²) in [5.41, 5.74) is 3.65. The Labute approximate surface area is 205 Å². The highest BCUT2D eigenvalue weighted by atomic mass is 16.6. The second-order valence-electron chi connectivity index (χ2n) is 9.73. The number of fused-ring (bicyclic) bond motifs is 2. The second kappa shape index (κ2) is 8.98. The zero-order valence-electron chi connectivity index (χ0n) is 20.6. The Morgan fingerprint density at radius 2 is 1.71 bits per heavy atom. The largest absolute Gasteiger partial charge is 0.497 e. The zero-order chi connectivity index (χ0) is 24.6. The molecule has 0 atom stereocenters. The highest BCUT2D eigenvalue weighted by molar-refractivity contribution is 5.88. The molecule has 5 rings (SSSR count). The fourth-order valence-electron chi connectivity index (χ4n) is 4.42. The first-order valence-electron chi connectivity index (χ1n) is 11.8. The third kappa shape index (κ3) is 4.80. The fraction of sp³-hybridized carbons (Fsp3) is 0.286. The van der Waals surface area contributed by atoms with Gasteiger partial charge in [0.1, 0.15) is 11.4 Å². The standard InChI is InChI=1S/C28H30N4O3/c1-28(2,3)35-27(33)30-13-14-32(24-7-5-21-17-25(34-4)9-6-20(21)15-24)26-10-8-23(16-22(26)18-30)31-12-11-29-19-31/h5-12,15-17,19H,13-14,18H2,1-4H3. The molecular weight excluding hydrogens is 440 g/mol. The molecule has 0 unspecified atom stereocenters. The molecule has 1 aromatic heterocycles. The van der Waals surface area contributed by atoms with Crippen molar-refractivity contribution in [2.75, 3.05) is 25.1 Å². The minimum atomic E-state index is -0.552. The molecule has 1 aliphatic rings. The molecular formula is C28H30N4O3. The van der Waals surface area contributed by atoms with Crippen molar-refractivity contribution in [3.63, 3.8) is 0 Å². The van der Waals surface area contributed by atoms with Gasteiger partial charge in [-0.1, -0.05) is 12.1 Å². The van der Waals surface area contributed by atoms with Gasteiger partial charge in [-0.25, -0.2) is 9.78 Å². The van der Waals surface area contributed by atoms with Crippen LogP contribution in [-0.4, -0.2) is 46.3 Å². The van der Waals surface area contributed by atoms with E-state index in [9.17, 15) is 4.79 Å². The molecule has 0 aliphatic carbocycles. The number of aromatic nitrogens is 2. The topological polar surface area (TPSA) is 59.8 Å². The molecule has 0 N–H and O–H groups in total. The number of hydrogen-bond donors (Lipinski definition) is 0. The van der Waals surface area contributed by atoms with Crippen LogP contribution in [0.3, 0.4) is 0 Å². The zero-order valence-corrected chi connectivity index (χ0v) is 20.6. The van der Waals surface area contributed by atoms with Crippen molar-refractivity contribution >= 4 is 28.2 Å². The van der Waals surface area contributed by atoms with Gasteiger partial charge < -0.3 is 23.8 Å². The van der Waals surface area contributed by atoms with E-state index in [0.29, 0.717) is 19.6 Å². The van der Waals surface area contributed by atoms with Crippen LogP contribution in [0, 0.1) is 0 Å². The van der Waals surface area contributed by atoms with Crippen LogP contribution in [0.1, 0.15) is 26.3 Å². The lowest BCUT2D eigenvalue weighted by Crippen LogP contribution is -2.38. The maximum Gasteiger partial charge on any atom is 0.410 e. The highest BCUT2D eigenvalue weighted by Gasteiger charge is 2.28. The lowest BCUT2D eigenvalue weighted by Gasteiger charge is -2.27. The van der Waals surface area contributed by atoms with E-state index in [2.05, 4.69) is 52.3 Å². The molecule has 35 heavy (non-hydrogen) atoms. The van der Waals surface area contributed by atoms with Gasteiger partial charge in [0.15, 0.2) is 0 Å². The lowest BCUT2D eigenvalue weighted by atomic mass is 10.1. The molecule has 0 saturated heterocycles. The van der Waals surface area contributed by atoms with Crippen molar-refractivity contribution in [2.24, 2.45) is 0 Å². The van der Waals surface area contributed by atoms with E-state index in [1.54, 1.807) is 24.5 Å². The average Bonchev–Trinajstić information content (AvgIpc) is 3.30. The molecule has 2 heterocycles. The smallest absolute Gasteiger partial charge is 0.410 e. The van der Waals surface area contributed by atoms with Gasteiger partial charge in [-0.2, -0.15) is 0 Å². The van der Waals surface area contributed by atoms with Gasteiger partial charge >= 0.3 is 6.09 Å². The first kappa shape index (κ1) is 22.8. The van der Waals surface area contributed by atoms with Crippen LogP contribution < -0.4 is 9.64 Å². The van der Waals surface area contributed by atoms with E-state index in [4.69, 9.17) is 9.47 Å². The number of carbonyl (C=O) groups is 1. The summed E-state index contributed by atoms with van der Waals surface area (Å²) < 4.78 is 13.1. The van der Waals surface area contributed by atoms with Gasteiger partial charge in [0.05, 0.1) is 20.0 Å². The average molecular weight is 471 g/mol. The Balaban J connectivity index is 1.55. The van der Waals surface area contributed by atoms with E-state index < -0.39 is 5.60 Å². The number of nitrogens with zero attached hydrogens (tertiary/aromatic N) is 4. The van der Waals surface area contributed by atoms with E-state index in [1.165, 1.54) is 0 Å². The lowest BCUT2D eigenvalue weighted by molar-refractivity contribution is 0.0244. The minimum Gasteiger partial charge on any atom is -0.497 e. The van der Waals surface area contributed by atoms with Gasteiger partial charge in [-0.05, 0) is 79.6 Å². The van der Waals surface area contributed by atoms with Gasteiger partial charge in [-0.3, -0.25) is 0 Å². The molecule has 0 bridgehead atoms. The SMILES string of the molecule is COc1ccc2cc(N3CCN(C(=O)OC(C)(C)C)Cc4cc(-n5ccnc5)ccc43)ccc2c1. The number of carbonyl (C=O) groups excluding carboxylic acids is 1. The summed E-state index contributed by atoms with van der Waals surface area (Å²) in [7, 11) is 1.68. The van der Waals surface area contributed by atoms with Crippen LogP contribution in [0.15, 0.2) is 73.3 Å². The number of methoxy groups -OCH3 is 1. The van der Waals surface area contributed by atoms with Crippen LogP contribution in [0.5, 0.6) is 5.75 Å². The van der Waals surface area contributed by atoms with Crippen LogP contribution in [0.4, 0.5) is 16.2 Å². The Hall–Kier alpha value is -4.00. The quantitative estimate of drug-likeness (QED) is 0.372. The van der Waals surface area contributed by atoms with E-state index in [-0.39, 0.29) is 6.09 Å². The molecule has 4 aromatic rings. The number of anilines is 2. The summed E-state index contributed by atoms with van der Waals surface area (Å²) in [6.45, 7) is 7.34. The third-order valence-electron chi connectivity index (χ3n) is 6.11. The monoisotopic (exact) mass is 470 g/mol. The number of ether oxygens (including phenoxy) is 2. The molecule has 7 heteroatoms. The molecule has 3 aromatic carbocycles. The maximum absolute atomic E-state index is 13.0. The van der Waals surface area contributed by atoms with Gasteiger partial charge in [0.25, 0.3) is 0 Å².